The molecule has 0 saturated heterocycles. The number of rotatable bonds is 8. The third-order valence-electron chi connectivity index (χ3n) is 4.09. The molecule has 0 unspecified atom stereocenters. The van der Waals surface area contributed by atoms with Crippen molar-refractivity contribution in [1.29, 1.82) is 0 Å². The van der Waals surface area contributed by atoms with Gasteiger partial charge in [0.2, 0.25) is 0 Å². The summed E-state index contributed by atoms with van der Waals surface area (Å²) >= 11 is 0. The fourth-order valence-corrected chi connectivity index (χ4v) is 2.81. The summed E-state index contributed by atoms with van der Waals surface area (Å²) in [6.45, 7) is 8.34. The SMILES string of the molecule is CCCCOC(=O)c1ccc(NC(=O)COc2c(C)cc(C)cc2C)cc1. The Balaban J connectivity index is 1.88. The number of carbonyl (C=O) groups is 2. The number of hydrogen-bond acceptors (Lipinski definition) is 4. The number of nitrogens with one attached hydrogen (secondary N) is 1. The molecule has 1 amide bonds. The average Bonchev–Trinajstić information content (AvgIpc) is 2.61. The summed E-state index contributed by atoms with van der Waals surface area (Å²) < 4.78 is 10.8. The van der Waals surface area contributed by atoms with Crippen molar-refractivity contribution in [2.45, 2.75) is 40.5 Å². The highest BCUT2D eigenvalue weighted by atomic mass is 16.5. The Labute approximate surface area is 160 Å². The molecule has 0 atom stereocenters. The molecule has 0 spiro atoms. The van der Waals surface area contributed by atoms with E-state index in [-0.39, 0.29) is 18.5 Å². The maximum absolute atomic E-state index is 12.1. The van der Waals surface area contributed by atoms with E-state index in [4.69, 9.17) is 9.47 Å². The highest BCUT2D eigenvalue weighted by molar-refractivity contribution is 5.93. The number of amides is 1. The minimum Gasteiger partial charge on any atom is -0.483 e. The third kappa shape index (κ3) is 6.13. The number of esters is 1. The van der Waals surface area contributed by atoms with Crippen LogP contribution in [0.5, 0.6) is 5.75 Å². The summed E-state index contributed by atoms with van der Waals surface area (Å²) in [4.78, 5) is 24.0. The van der Waals surface area contributed by atoms with Crippen LogP contribution in [0, 0.1) is 20.8 Å². The van der Waals surface area contributed by atoms with Gasteiger partial charge in [0.05, 0.1) is 12.2 Å². The molecule has 0 bridgehead atoms. The van der Waals surface area contributed by atoms with Gasteiger partial charge >= 0.3 is 5.97 Å². The molecule has 0 aromatic heterocycles. The number of carbonyl (C=O) groups excluding carboxylic acids is 2. The second-order valence-electron chi connectivity index (χ2n) is 6.63. The maximum Gasteiger partial charge on any atom is 0.338 e. The second kappa shape index (κ2) is 9.76. The number of aryl methyl sites for hydroxylation is 3. The van der Waals surface area contributed by atoms with E-state index in [1.807, 2.05) is 39.8 Å². The number of anilines is 1. The largest absolute Gasteiger partial charge is 0.483 e. The first-order valence-electron chi connectivity index (χ1n) is 9.18. The van der Waals surface area contributed by atoms with Crippen molar-refractivity contribution in [3.63, 3.8) is 0 Å². The lowest BCUT2D eigenvalue weighted by Gasteiger charge is -2.13. The van der Waals surface area contributed by atoms with Gasteiger partial charge in [0, 0.05) is 5.69 Å². The lowest BCUT2D eigenvalue weighted by molar-refractivity contribution is -0.118. The van der Waals surface area contributed by atoms with Crippen LogP contribution in [0.25, 0.3) is 0 Å². The fraction of sp³-hybridized carbons (Fsp3) is 0.364. The van der Waals surface area contributed by atoms with Crippen LogP contribution in [0.4, 0.5) is 5.69 Å². The summed E-state index contributed by atoms with van der Waals surface area (Å²) in [5.74, 6) is 0.128. The highest BCUT2D eigenvalue weighted by Gasteiger charge is 2.10. The van der Waals surface area contributed by atoms with E-state index >= 15 is 0 Å². The zero-order chi connectivity index (χ0) is 19.8. The molecule has 0 aliphatic carbocycles. The Kier molecular flexibility index (Phi) is 7.41. The molecule has 0 saturated carbocycles. The van der Waals surface area contributed by atoms with Gasteiger partial charge in [0.1, 0.15) is 5.75 Å². The summed E-state index contributed by atoms with van der Waals surface area (Å²) in [6, 6.07) is 10.7. The van der Waals surface area contributed by atoms with Crippen LogP contribution in [-0.2, 0) is 9.53 Å². The molecule has 2 aromatic rings. The number of hydrogen-bond donors (Lipinski definition) is 1. The minimum absolute atomic E-state index is 0.0778. The fourth-order valence-electron chi connectivity index (χ4n) is 2.81. The molecule has 27 heavy (non-hydrogen) atoms. The predicted molar refractivity (Wildman–Crippen MR) is 106 cm³/mol. The standard InChI is InChI=1S/C22H27NO4/c1-5-6-11-26-22(25)18-7-9-19(10-8-18)23-20(24)14-27-21-16(3)12-15(2)13-17(21)4/h7-10,12-13H,5-6,11,14H2,1-4H3,(H,23,24). The molecule has 0 aliphatic heterocycles. The molecule has 5 nitrogen and oxygen atoms in total. The van der Waals surface area contributed by atoms with Crippen LogP contribution >= 0.6 is 0 Å². The minimum atomic E-state index is -0.352. The molecule has 144 valence electrons. The van der Waals surface area contributed by atoms with Crippen molar-refractivity contribution in [3.8, 4) is 5.75 Å². The number of unbranched alkanes of at least 4 members (excludes halogenated alkanes) is 1. The van der Waals surface area contributed by atoms with Crippen molar-refractivity contribution in [2.75, 3.05) is 18.5 Å². The van der Waals surface area contributed by atoms with Gasteiger partial charge in [-0.25, -0.2) is 4.79 Å². The van der Waals surface area contributed by atoms with Gasteiger partial charge in [-0.15, -0.1) is 0 Å². The lowest BCUT2D eigenvalue weighted by atomic mass is 10.1. The van der Waals surface area contributed by atoms with E-state index < -0.39 is 0 Å². The van der Waals surface area contributed by atoms with Gasteiger partial charge in [-0.05, 0) is 62.6 Å². The molecule has 0 heterocycles. The van der Waals surface area contributed by atoms with Gasteiger partial charge in [0.15, 0.2) is 6.61 Å². The Morgan fingerprint density at radius 1 is 1.00 bits per heavy atom. The molecular formula is C22H27NO4. The first-order chi connectivity index (χ1) is 12.9. The summed E-state index contributed by atoms with van der Waals surface area (Å²) in [7, 11) is 0. The van der Waals surface area contributed by atoms with Gasteiger partial charge in [-0.2, -0.15) is 0 Å². The zero-order valence-corrected chi connectivity index (χ0v) is 16.4. The van der Waals surface area contributed by atoms with Gasteiger partial charge in [-0.3, -0.25) is 4.79 Å². The molecule has 2 rings (SSSR count). The summed E-state index contributed by atoms with van der Waals surface area (Å²) in [6.07, 6.45) is 1.82. The van der Waals surface area contributed by atoms with E-state index in [9.17, 15) is 9.59 Å². The Bertz CT molecular complexity index is 773. The van der Waals surface area contributed by atoms with Crippen LogP contribution in [0.1, 0.15) is 46.8 Å². The topological polar surface area (TPSA) is 64.6 Å². The van der Waals surface area contributed by atoms with E-state index in [1.54, 1.807) is 24.3 Å². The second-order valence-corrected chi connectivity index (χ2v) is 6.63. The van der Waals surface area contributed by atoms with E-state index in [0.717, 1.165) is 35.3 Å². The Hall–Kier alpha value is -2.82. The number of ether oxygens (including phenoxy) is 2. The molecule has 0 aliphatic rings. The van der Waals surface area contributed by atoms with Crippen molar-refractivity contribution in [2.24, 2.45) is 0 Å². The molecule has 5 heteroatoms. The van der Waals surface area contributed by atoms with Crippen LogP contribution in [-0.4, -0.2) is 25.1 Å². The number of benzene rings is 2. The van der Waals surface area contributed by atoms with Crippen molar-refractivity contribution in [1.82, 2.24) is 0 Å². The average molecular weight is 369 g/mol. The van der Waals surface area contributed by atoms with Gasteiger partial charge < -0.3 is 14.8 Å². The first kappa shape index (κ1) is 20.5. The Morgan fingerprint density at radius 3 is 2.22 bits per heavy atom. The molecule has 0 radical (unpaired) electrons. The van der Waals surface area contributed by atoms with Gasteiger partial charge in [0.25, 0.3) is 5.91 Å². The van der Waals surface area contributed by atoms with E-state index in [0.29, 0.717) is 17.9 Å². The lowest BCUT2D eigenvalue weighted by Crippen LogP contribution is -2.20. The maximum atomic E-state index is 12.1. The molecular weight excluding hydrogens is 342 g/mol. The Morgan fingerprint density at radius 2 is 1.63 bits per heavy atom. The quantitative estimate of drug-likeness (QED) is 0.546. The smallest absolute Gasteiger partial charge is 0.338 e. The normalized spacial score (nSPS) is 10.4. The molecule has 2 aromatic carbocycles. The van der Waals surface area contributed by atoms with E-state index in [1.165, 1.54) is 0 Å². The van der Waals surface area contributed by atoms with Crippen LogP contribution in [0.2, 0.25) is 0 Å². The van der Waals surface area contributed by atoms with Crippen molar-refractivity contribution in [3.05, 3.63) is 58.7 Å². The van der Waals surface area contributed by atoms with Crippen LogP contribution in [0.3, 0.4) is 0 Å². The predicted octanol–water partition coefficient (Wildman–Crippen LogP) is 4.59. The summed E-state index contributed by atoms with van der Waals surface area (Å²) in [5.41, 5.74) is 4.24. The van der Waals surface area contributed by atoms with Crippen molar-refractivity contribution < 1.29 is 19.1 Å². The molecule has 0 fully saturated rings. The summed E-state index contributed by atoms with van der Waals surface area (Å²) in [5, 5.41) is 2.76. The zero-order valence-electron chi connectivity index (χ0n) is 16.4. The van der Waals surface area contributed by atoms with Gasteiger partial charge in [-0.1, -0.05) is 31.0 Å². The molecule has 1 N–H and O–H groups in total. The third-order valence-corrected chi connectivity index (χ3v) is 4.09. The van der Waals surface area contributed by atoms with E-state index in [2.05, 4.69) is 5.32 Å². The van der Waals surface area contributed by atoms with Crippen LogP contribution in [0.15, 0.2) is 36.4 Å². The van der Waals surface area contributed by atoms with Crippen LogP contribution < -0.4 is 10.1 Å². The van der Waals surface area contributed by atoms with Crippen molar-refractivity contribution >= 4 is 17.6 Å². The monoisotopic (exact) mass is 369 g/mol. The highest BCUT2D eigenvalue weighted by Crippen LogP contribution is 2.24. The first-order valence-corrected chi connectivity index (χ1v) is 9.18.